The molecule has 2 N–H and O–H groups in total. The minimum Gasteiger partial charge on any atom is -0.462 e. The molecule has 0 saturated carbocycles. The van der Waals surface area contributed by atoms with Crippen LogP contribution in [0.25, 0.3) is 0 Å². The Bertz CT molecular complexity index is 501. The number of nitrogen functional groups attached to an aromatic ring is 1. The van der Waals surface area contributed by atoms with Crippen molar-refractivity contribution in [3.05, 3.63) is 5.56 Å². The summed E-state index contributed by atoms with van der Waals surface area (Å²) in [5, 5.41) is 0.821. The fourth-order valence-electron chi connectivity index (χ4n) is 2.32. The van der Waals surface area contributed by atoms with Crippen molar-refractivity contribution in [1.29, 1.82) is 0 Å². The van der Waals surface area contributed by atoms with Crippen molar-refractivity contribution in [3.8, 4) is 0 Å². The molecule has 0 atom stereocenters. The molecule has 7 heteroatoms. The highest BCUT2D eigenvalue weighted by Gasteiger charge is 2.34. The molecule has 0 spiro atoms. The molecule has 1 fully saturated rings. The molecule has 1 aromatic rings. The Kier molecular flexibility index (Phi) is 4.19. The number of anilines is 2. The van der Waals surface area contributed by atoms with Gasteiger partial charge in [0.2, 0.25) is 0 Å². The van der Waals surface area contributed by atoms with Crippen molar-refractivity contribution < 1.29 is 9.53 Å². The lowest BCUT2D eigenvalue weighted by Gasteiger charge is -2.45. The summed E-state index contributed by atoms with van der Waals surface area (Å²) in [5.74, 6) is -0.120. The SMILES string of the molecule is CCOC(=O)c1c(N)nsc1N1CCN(C)C(C)(C)C1. The molecular formula is C13H22N4O2S. The number of ether oxygens (including phenoxy) is 1. The molecule has 2 rings (SSSR count). The fraction of sp³-hybridized carbons (Fsp3) is 0.692. The van der Waals surface area contributed by atoms with Crippen molar-refractivity contribution in [2.45, 2.75) is 26.3 Å². The van der Waals surface area contributed by atoms with Crippen LogP contribution in [0.15, 0.2) is 0 Å². The number of carbonyl (C=O) groups excluding carboxylic acids is 1. The standard InChI is InChI=1S/C13H22N4O2S/c1-5-19-12(18)9-10(14)15-20-11(9)17-7-6-16(4)13(2,3)8-17/h5-8H2,1-4H3,(H2,14,15). The number of aromatic nitrogens is 1. The van der Waals surface area contributed by atoms with Crippen LogP contribution in [0.1, 0.15) is 31.1 Å². The number of rotatable bonds is 3. The van der Waals surface area contributed by atoms with Gasteiger partial charge in [-0.1, -0.05) is 0 Å². The smallest absolute Gasteiger partial charge is 0.345 e. The molecule has 6 nitrogen and oxygen atoms in total. The second-order valence-corrected chi connectivity index (χ2v) is 6.38. The van der Waals surface area contributed by atoms with E-state index in [0.29, 0.717) is 12.2 Å². The van der Waals surface area contributed by atoms with Crippen LogP contribution < -0.4 is 10.6 Å². The first-order valence-corrected chi connectivity index (χ1v) is 7.52. The fourth-order valence-corrected chi connectivity index (χ4v) is 3.14. The highest BCUT2D eigenvalue weighted by atomic mass is 32.1. The molecule has 0 aromatic carbocycles. The maximum absolute atomic E-state index is 12.0. The van der Waals surface area contributed by atoms with Crippen LogP contribution in [0.4, 0.5) is 10.8 Å². The molecule has 0 unspecified atom stereocenters. The molecule has 0 radical (unpaired) electrons. The summed E-state index contributed by atoms with van der Waals surface area (Å²) in [6.45, 7) is 9.12. The van der Waals surface area contributed by atoms with E-state index in [2.05, 4.69) is 35.1 Å². The van der Waals surface area contributed by atoms with Crippen molar-refractivity contribution in [2.75, 3.05) is 43.9 Å². The minimum absolute atomic E-state index is 0.0446. The van der Waals surface area contributed by atoms with Crippen LogP contribution in [0.3, 0.4) is 0 Å². The predicted molar refractivity (Wildman–Crippen MR) is 81.4 cm³/mol. The molecule has 0 aliphatic carbocycles. The van der Waals surface area contributed by atoms with E-state index in [4.69, 9.17) is 10.5 Å². The Labute approximate surface area is 123 Å². The average Bonchev–Trinajstić information content (AvgIpc) is 2.75. The molecule has 112 valence electrons. The van der Waals surface area contributed by atoms with Gasteiger partial charge in [0.15, 0.2) is 5.82 Å². The van der Waals surface area contributed by atoms with Gasteiger partial charge in [-0.25, -0.2) is 4.79 Å². The van der Waals surface area contributed by atoms with Crippen LogP contribution in [0, 0.1) is 0 Å². The van der Waals surface area contributed by atoms with Gasteiger partial charge >= 0.3 is 5.97 Å². The topological polar surface area (TPSA) is 71.7 Å². The molecular weight excluding hydrogens is 276 g/mol. The van der Waals surface area contributed by atoms with Gasteiger partial charge in [0.1, 0.15) is 10.6 Å². The Hall–Kier alpha value is -1.34. The Morgan fingerprint density at radius 1 is 1.50 bits per heavy atom. The van der Waals surface area contributed by atoms with Crippen molar-refractivity contribution in [1.82, 2.24) is 9.27 Å². The Balaban J connectivity index is 2.28. The Morgan fingerprint density at radius 3 is 2.80 bits per heavy atom. The van der Waals surface area contributed by atoms with Crippen LogP contribution in [0.2, 0.25) is 0 Å². The predicted octanol–water partition coefficient (Wildman–Crippen LogP) is 1.43. The summed E-state index contributed by atoms with van der Waals surface area (Å²) >= 11 is 1.27. The zero-order valence-electron chi connectivity index (χ0n) is 12.5. The van der Waals surface area contributed by atoms with Gasteiger partial charge in [-0.15, -0.1) is 0 Å². The number of nitrogens with two attached hydrogens (primary N) is 1. The molecule has 0 amide bonds. The van der Waals surface area contributed by atoms with Crippen LogP contribution in [-0.4, -0.2) is 54.1 Å². The first-order valence-electron chi connectivity index (χ1n) is 6.75. The van der Waals surface area contributed by atoms with E-state index in [0.717, 1.165) is 24.6 Å². The van der Waals surface area contributed by atoms with Gasteiger partial charge in [0.25, 0.3) is 0 Å². The van der Waals surface area contributed by atoms with Gasteiger partial charge in [0, 0.05) is 25.2 Å². The van der Waals surface area contributed by atoms with E-state index in [1.165, 1.54) is 11.5 Å². The van der Waals surface area contributed by atoms with Crippen molar-refractivity contribution >= 4 is 28.3 Å². The maximum atomic E-state index is 12.0. The summed E-state index contributed by atoms with van der Waals surface area (Å²) in [4.78, 5) is 16.5. The van der Waals surface area contributed by atoms with Gasteiger partial charge in [-0.2, -0.15) is 4.37 Å². The molecule has 1 aliphatic rings. The molecule has 2 heterocycles. The van der Waals surface area contributed by atoms with E-state index < -0.39 is 0 Å². The van der Waals surface area contributed by atoms with Gasteiger partial charge in [-0.3, -0.25) is 4.90 Å². The number of piperazine rings is 1. The number of esters is 1. The van der Waals surface area contributed by atoms with E-state index in [1.54, 1.807) is 6.92 Å². The normalized spacial score (nSPS) is 19.1. The van der Waals surface area contributed by atoms with Gasteiger partial charge < -0.3 is 15.4 Å². The molecule has 1 aromatic heterocycles. The number of carbonyl (C=O) groups is 1. The largest absolute Gasteiger partial charge is 0.462 e. The van der Waals surface area contributed by atoms with E-state index >= 15 is 0 Å². The monoisotopic (exact) mass is 298 g/mol. The summed E-state index contributed by atoms with van der Waals surface area (Å²) in [6.07, 6.45) is 0. The summed E-state index contributed by atoms with van der Waals surface area (Å²) in [6, 6.07) is 0. The van der Waals surface area contributed by atoms with E-state index in [1.807, 2.05) is 0 Å². The summed E-state index contributed by atoms with van der Waals surface area (Å²) in [5.41, 5.74) is 6.29. The van der Waals surface area contributed by atoms with Crippen LogP contribution >= 0.6 is 11.5 Å². The average molecular weight is 298 g/mol. The zero-order chi connectivity index (χ0) is 14.9. The maximum Gasteiger partial charge on any atom is 0.345 e. The van der Waals surface area contributed by atoms with Crippen LogP contribution in [-0.2, 0) is 4.74 Å². The molecule has 1 saturated heterocycles. The second kappa shape index (κ2) is 5.57. The number of likely N-dealkylation sites (N-methyl/N-ethyl adjacent to an activating group) is 1. The Morgan fingerprint density at radius 2 is 2.20 bits per heavy atom. The molecule has 0 bridgehead atoms. The number of nitrogens with zero attached hydrogens (tertiary/aromatic N) is 3. The highest BCUT2D eigenvalue weighted by Crippen LogP contribution is 2.34. The highest BCUT2D eigenvalue weighted by molar-refractivity contribution is 7.11. The lowest BCUT2D eigenvalue weighted by molar-refractivity contribution is 0.0528. The lowest BCUT2D eigenvalue weighted by Crippen LogP contribution is -2.57. The lowest BCUT2D eigenvalue weighted by atomic mass is 10.00. The quantitative estimate of drug-likeness (QED) is 0.851. The number of hydrogen-bond acceptors (Lipinski definition) is 7. The van der Waals surface area contributed by atoms with E-state index in [-0.39, 0.29) is 17.3 Å². The van der Waals surface area contributed by atoms with E-state index in [9.17, 15) is 4.79 Å². The van der Waals surface area contributed by atoms with Crippen molar-refractivity contribution in [2.24, 2.45) is 0 Å². The second-order valence-electron chi connectivity index (χ2n) is 5.62. The number of hydrogen-bond donors (Lipinski definition) is 1. The third-order valence-electron chi connectivity index (χ3n) is 3.78. The minimum atomic E-state index is -0.384. The first-order chi connectivity index (χ1) is 9.36. The third-order valence-corrected chi connectivity index (χ3v) is 4.71. The molecule has 20 heavy (non-hydrogen) atoms. The van der Waals surface area contributed by atoms with Crippen molar-refractivity contribution in [3.63, 3.8) is 0 Å². The van der Waals surface area contributed by atoms with Gasteiger partial charge in [0.05, 0.1) is 6.61 Å². The molecule has 1 aliphatic heterocycles. The zero-order valence-corrected chi connectivity index (χ0v) is 13.3. The summed E-state index contributed by atoms with van der Waals surface area (Å²) in [7, 11) is 2.12. The van der Waals surface area contributed by atoms with Gasteiger partial charge in [-0.05, 0) is 39.4 Å². The third kappa shape index (κ3) is 2.73. The van der Waals surface area contributed by atoms with Crippen LogP contribution in [0.5, 0.6) is 0 Å². The summed E-state index contributed by atoms with van der Waals surface area (Å²) < 4.78 is 9.21. The first kappa shape index (κ1) is 15.1.